The van der Waals surface area contributed by atoms with Gasteiger partial charge in [0.25, 0.3) is 0 Å². The Morgan fingerprint density at radius 3 is 3.00 bits per heavy atom. The highest BCUT2D eigenvalue weighted by Crippen LogP contribution is 2.24. The molecule has 2 atom stereocenters. The number of aliphatic hydroxyl groups is 1. The maximum atomic E-state index is 10.7. The number of aliphatic hydroxyl groups excluding tert-OH is 1. The lowest BCUT2D eigenvalue weighted by Crippen LogP contribution is -2.23. The van der Waals surface area contributed by atoms with Crippen LogP contribution in [0.4, 0.5) is 0 Å². The number of rotatable bonds is 3. The standard InChI is InChI=1S/C10H16O3/c1-2-10(12)13-7-8-4-3-5-9(11)6-8/h2,8-9,11H,1,3-7H2. The van der Waals surface area contributed by atoms with E-state index in [1.807, 2.05) is 0 Å². The molecule has 0 aliphatic heterocycles. The molecule has 0 saturated heterocycles. The number of ether oxygens (including phenoxy) is 1. The quantitative estimate of drug-likeness (QED) is 0.530. The first kappa shape index (κ1) is 10.3. The summed E-state index contributed by atoms with van der Waals surface area (Å²) in [5.74, 6) is -0.0484. The molecule has 1 aliphatic rings. The van der Waals surface area contributed by atoms with E-state index in [9.17, 15) is 9.90 Å². The summed E-state index contributed by atoms with van der Waals surface area (Å²) in [4.78, 5) is 10.7. The topological polar surface area (TPSA) is 46.5 Å². The van der Waals surface area contributed by atoms with Gasteiger partial charge in [0, 0.05) is 6.08 Å². The van der Waals surface area contributed by atoms with E-state index in [2.05, 4.69) is 6.58 Å². The zero-order valence-electron chi connectivity index (χ0n) is 7.74. The van der Waals surface area contributed by atoms with Gasteiger partial charge in [-0.1, -0.05) is 13.0 Å². The highest BCUT2D eigenvalue weighted by molar-refractivity contribution is 5.81. The molecule has 0 radical (unpaired) electrons. The van der Waals surface area contributed by atoms with Crippen molar-refractivity contribution in [3.05, 3.63) is 12.7 Å². The Bertz CT molecular complexity index is 189. The molecule has 0 aromatic rings. The van der Waals surface area contributed by atoms with Gasteiger partial charge >= 0.3 is 5.97 Å². The monoisotopic (exact) mass is 184 g/mol. The third kappa shape index (κ3) is 3.59. The first-order chi connectivity index (χ1) is 6.22. The minimum absolute atomic E-state index is 0.207. The normalized spacial score (nSPS) is 28.1. The van der Waals surface area contributed by atoms with E-state index >= 15 is 0 Å². The van der Waals surface area contributed by atoms with Gasteiger partial charge in [-0.3, -0.25) is 0 Å². The lowest BCUT2D eigenvalue weighted by Gasteiger charge is -2.25. The second-order valence-corrected chi connectivity index (χ2v) is 3.52. The molecular weight excluding hydrogens is 168 g/mol. The molecule has 0 aromatic carbocycles. The van der Waals surface area contributed by atoms with Crippen LogP contribution in [-0.2, 0) is 9.53 Å². The third-order valence-corrected chi connectivity index (χ3v) is 2.38. The average molecular weight is 184 g/mol. The summed E-state index contributed by atoms with van der Waals surface area (Å²) in [6, 6.07) is 0. The highest BCUT2D eigenvalue weighted by Gasteiger charge is 2.20. The molecule has 1 aliphatic carbocycles. The molecule has 0 bridgehead atoms. The maximum Gasteiger partial charge on any atom is 0.330 e. The van der Waals surface area contributed by atoms with Crippen LogP contribution in [0.15, 0.2) is 12.7 Å². The molecule has 0 aromatic heterocycles. The van der Waals surface area contributed by atoms with Gasteiger partial charge in [0.05, 0.1) is 12.7 Å². The van der Waals surface area contributed by atoms with Crippen molar-refractivity contribution in [2.24, 2.45) is 5.92 Å². The first-order valence-electron chi connectivity index (χ1n) is 4.69. The summed E-state index contributed by atoms with van der Waals surface area (Å²) in [6.45, 7) is 3.73. The number of esters is 1. The predicted octanol–water partition coefficient (Wildman–Crippen LogP) is 1.27. The zero-order valence-corrected chi connectivity index (χ0v) is 7.74. The molecule has 1 fully saturated rings. The van der Waals surface area contributed by atoms with Crippen LogP contribution in [0.3, 0.4) is 0 Å². The predicted molar refractivity (Wildman–Crippen MR) is 49.1 cm³/mol. The van der Waals surface area contributed by atoms with E-state index in [-0.39, 0.29) is 12.1 Å². The van der Waals surface area contributed by atoms with Crippen molar-refractivity contribution in [2.45, 2.75) is 31.8 Å². The summed E-state index contributed by atoms with van der Waals surface area (Å²) in [6.07, 6.45) is 4.66. The lowest BCUT2D eigenvalue weighted by molar-refractivity contribution is -0.139. The van der Waals surface area contributed by atoms with Crippen molar-refractivity contribution < 1.29 is 14.6 Å². The van der Waals surface area contributed by atoms with Crippen molar-refractivity contribution in [3.63, 3.8) is 0 Å². The summed E-state index contributed by atoms with van der Waals surface area (Å²) in [7, 11) is 0. The van der Waals surface area contributed by atoms with Gasteiger partial charge < -0.3 is 9.84 Å². The largest absolute Gasteiger partial charge is 0.462 e. The van der Waals surface area contributed by atoms with Gasteiger partial charge in [0.15, 0.2) is 0 Å². The van der Waals surface area contributed by atoms with Crippen LogP contribution in [0.1, 0.15) is 25.7 Å². The molecule has 1 saturated carbocycles. The molecule has 3 nitrogen and oxygen atoms in total. The molecular formula is C10H16O3. The summed E-state index contributed by atoms with van der Waals surface area (Å²) < 4.78 is 4.91. The van der Waals surface area contributed by atoms with E-state index < -0.39 is 0 Å². The molecule has 0 amide bonds. The Hall–Kier alpha value is -0.830. The van der Waals surface area contributed by atoms with Crippen LogP contribution in [-0.4, -0.2) is 23.8 Å². The maximum absolute atomic E-state index is 10.7. The summed E-state index contributed by atoms with van der Waals surface area (Å²) in [5, 5.41) is 9.34. The summed E-state index contributed by atoms with van der Waals surface area (Å²) >= 11 is 0. The molecule has 2 unspecified atom stereocenters. The van der Waals surface area contributed by atoms with Gasteiger partial charge in [-0.15, -0.1) is 0 Å². The van der Waals surface area contributed by atoms with Gasteiger partial charge in [-0.05, 0) is 25.2 Å². The summed E-state index contributed by atoms with van der Waals surface area (Å²) in [5.41, 5.74) is 0. The molecule has 0 spiro atoms. The molecule has 0 heterocycles. The van der Waals surface area contributed by atoms with Crippen LogP contribution in [0, 0.1) is 5.92 Å². The van der Waals surface area contributed by atoms with Crippen molar-refractivity contribution in [2.75, 3.05) is 6.61 Å². The number of carbonyl (C=O) groups is 1. The first-order valence-corrected chi connectivity index (χ1v) is 4.69. The van der Waals surface area contributed by atoms with Crippen LogP contribution < -0.4 is 0 Å². The van der Waals surface area contributed by atoms with E-state index in [1.54, 1.807) is 0 Å². The second-order valence-electron chi connectivity index (χ2n) is 3.52. The minimum Gasteiger partial charge on any atom is -0.462 e. The van der Waals surface area contributed by atoms with Crippen molar-refractivity contribution in [1.29, 1.82) is 0 Å². The third-order valence-electron chi connectivity index (χ3n) is 2.38. The number of carbonyl (C=O) groups excluding carboxylic acids is 1. The zero-order chi connectivity index (χ0) is 9.68. The van der Waals surface area contributed by atoms with Crippen molar-refractivity contribution in [3.8, 4) is 0 Å². The fourth-order valence-electron chi connectivity index (χ4n) is 1.67. The van der Waals surface area contributed by atoms with E-state index in [0.717, 1.165) is 25.7 Å². The fraction of sp³-hybridized carbons (Fsp3) is 0.700. The fourth-order valence-corrected chi connectivity index (χ4v) is 1.67. The molecule has 13 heavy (non-hydrogen) atoms. The number of hydrogen-bond donors (Lipinski definition) is 1. The van der Waals surface area contributed by atoms with Crippen molar-refractivity contribution >= 4 is 5.97 Å². The van der Waals surface area contributed by atoms with Gasteiger partial charge in [0.1, 0.15) is 0 Å². The minimum atomic E-state index is -0.375. The number of hydrogen-bond acceptors (Lipinski definition) is 3. The smallest absolute Gasteiger partial charge is 0.330 e. The van der Waals surface area contributed by atoms with Crippen LogP contribution in [0.25, 0.3) is 0 Å². The Kier molecular flexibility index (Phi) is 3.96. The SMILES string of the molecule is C=CC(=O)OCC1CCCC(O)C1. The lowest BCUT2D eigenvalue weighted by atomic mass is 9.88. The van der Waals surface area contributed by atoms with Gasteiger partial charge in [-0.2, -0.15) is 0 Å². The molecule has 1 N–H and O–H groups in total. The van der Waals surface area contributed by atoms with Crippen LogP contribution in [0.5, 0.6) is 0 Å². The van der Waals surface area contributed by atoms with Crippen LogP contribution in [0.2, 0.25) is 0 Å². The average Bonchev–Trinajstić information content (AvgIpc) is 2.14. The Morgan fingerprint density at radius 1 is 1.62 bits per heavy atom. The van der Waals surface area contributed by atoms with E-state index in [1.165, 1.54) is 6.08 Å². The Morgan fingerprint density at radius 2 is 2.38 bits per heavy atom. The van der Waals surface area contributed by atoms with Crippen LogP contribution >= 0.6 is 0 Å². The highest BCUT2D eigenvalue weighted by atomic mass is 16.5. The van der Waals surface area contributed by atoms with E-state index in [4.69, 9.17) is 4.74 Å². The van der Waals surface area contributed by atoms with Crippen molar-refractivity contribution in [1.82, 2.24) is 0 Å². The van der Waals surface area contributed by atoms with Gasteiger partial charge in [0.2, 0.25) is 0 Å². The molecule has 74 valence electrons. The molecule has 3 heteroatoms. The molecule has 1 rings (SSSR count). The Balaban J connectivity index is 2.20. The van der Waals surface area contributed by atoms with Gasteiger partial charge in [-0.25, -0.2) is 4.79 Å². The Labute approximate surface area is 78.4 Å². The van der Waals surface area contributed by atoms with E-state index in [0.29, 0.717) is 12.5 Å². The second kappa shape index (κ2) is 5.02.